The van der Waals surface area contributed by atoms with Crippen LogP contribution in [0.1, 0.15) is 32.6 Å². The van der Waals surface area contributed by atoms with Crippen molar-refractivity contribution in [3.8, 4) is 0 Å². The first-order valence-corrected chi connectivity index (χ1v) is 8.51. The van der Waals surface area contributed by atoms with Crippen molar-refractivity contribution in [2.75, 3.05) is 29.9 Å². The lowest BCUT2D eigenvalue weighted by molar-refractivity contribution is -0.136. The fourth-order valence-electron chi connectivity index (χ4n) is 3.42. The second kappa shape index (κ2) is 7.03. The van der Waals surface area contributed by atoms with Crippen molar-refractivity contribution in [1.82, 2.24) is 4.90 Å². The summed E-state index contributed by atoms with van der Waals surface area (Å²) in [4.78, 5) is 39.6. The molecule has 0 aliphatic carbocycles. The minimum Gasteiger partial charge on any atom is -0.342 e. The van der Waals surface area contributed by atoms with Gasteiger partial charge >= 0.3 is 0 Å². The number of nitrogens with zero attached hydrogens (tertiary/aromatic N) is 2. The van der Waals surface area contributed by atoms with Crippen LogP contribution >= 0.6 is 0 Å². The van der Waals surface area contributed by atoms with Gasteiger partial charge in [0.05, 0.1) is 5.92 Å². The molecular weight excluding hydrogens is 306 g/mol. The Morgan fingerprint density at radius 3 is 2.38 bits per heavy atom. The second-order valence-corrected chi connectivity index (χ2v) is 6.52. The van der Waals surface area contributed by atoms with Crippen LogP contribution < -0.4 is 10.2 Å². The topological polar surface area (TPSA) is 69.7 Å². The molecule has 1 N–H and O–H groups in total. The number of benzene rings is 1. The van der Waals surface area contributed by atoms with E-state index in [1.165, 1.54) is 13.3 Å². The van der Waals surface area contributed by atoms with Gasteiger partial charge < -0.3 is 15.1 Å². The van der Waals surface area contributed by atoms with Crippen molar-refractivity contribution >= 4 is 29.1 Å². The standard InChI is InChI=1S/C18H23N3O3/c1-13(22)19-15-5-7-16(8-6-15)21-12-14(11-17(21)23)18(24)20-9-3-2-4-10-20/h5-8,14H,2-4,9-12H2,1H3,(H,19,22)/t14-/m0/s1. The zero-order chi connectivity index (χ0) is 17.1. The fourth-order valence-corrected chi connectivity index (χ4v) is 3.42. The Hall–Kier alpha value is -2.37. The highest BCUT2D eigenvalue weighted by atomic mass is 16.2. The molecule has 2 fully saturated rings. The van der Waals surface area contributed by atoms with Gasteiger partial charge in [-0.3, -0.25) is 14.4 Å². The summed E-state index contributed by atoms with van der Waals surface area (Å²) >= 11 is 0. The van der Waals surface area contributed by atoms with E-state index in [-0.39, 0.29) is 30.1 Å². The molecule has 0 aromatic heterocycles. The number of rotatable bonds is 3. The molecule has 1 aromatic rings. The Bertz CT molecular complexity index is 635. The van der Waals surface area contributed by atoms with Gasteiger partial charge in [-0.2, -0.15) is 0 Å². The summed E-state index contributed by atoms with van der Waals surface area (Å²) in [5, 5.41) is 2.70. The first-order valence-electron chi connectivity index (χ1n) is 8.51. The van der Waals surface area contributed by atoms with Crippen LogP contribution in [-0.2, 0) is 14.4 Å². The maximum Gasteiger partial charge on any atom is 0.228 e. The molecule has 6 nitrogen and oxygen atoms in total. The highest BCUT2D eigenvalue weighted by Crippen LogP contribution is 2.28. The third-order valence-electron chi connectivity index (χ3n) is 4.64. The number of hydrogen-bond acceptors (Lipinski definition) is 3. The summed E-state index contributed by atoms with van der Waals surface area (Å²) in [7, 11) is 0. The maximum atomic E-state index is 12.6. The lowest BCUT2D eigenvalue weighted by Crippen LogP contribution is -2.40. The van der Waals surface area contributed by atoms with E-state index in [2.05, 4.69) is 5.32 Å². The molecule has 2 aliphatic rings. The maximum absolute atomic E-state index is 12.6. The highest BCUT2D eigenvalue weighted by Gasteiger charge is 2.37. The Morgan fingerprint density at radius 2 is 1.75 bits per heavy atom. The van der Waals surface area contributed by atoms with Crippen molar-refractivity contribution in [2.24, 2.45) is 5.92 Å². The van der Waals surface area contributed by atoms with Crippen LogP contribution in [0.25, 0.3) is 0 Å². The van der Waals surface area contributed by atoms with E-state index >= 15 is 0 Å². The summed E-state index contributed by atoms with van der Waals surface area (Å²) < 4.78 is 0. The van der Waals surface area contributed by atoms with Crippen LogP contribution in [0, 0.1) is 5.92 Å². The van der Waals surface area contributed by atoms with Gasteiger partial charge in [-0.15, -0.1) is 0 Å². The van der Waals surface area contributed by atoms with Crippen LogP contribution in [0.2, 0.25) is 0 Å². The molecule has 24 heavy (non-hydrogen) atoms. The molecule has 1 aromatic carbocycles. The minimum absolute atomic E-state index is 0.0161. The molecule has 3 rings (SSSR count). The van der Waals surface area contributed by atoms with E-state index < -0.39 is 0 Å². The average molecular weight is 329 g/mol. The predicted octanol–water partition coefficient (Wildman–Crippen LogP) is 2.01. The summed E-state index contributed by atoms with van der Waals surface area (Å²) in [6.45, 7) is 3.52. The van der Waals surface area contributed by atoms with Gasteiger partial charge in [0, 0.05) is 44.4 Å². The van der Waals surface area contributed by atoms with Crippen molar-refractivity contribution in [1.29, 1.82) is 0 Å². The van der Waals surface area contributed by atoms with Crippen molar-refractivity contribution in [2.45, 2.75) is 32.6 Å². The van der Waals surface area contributed by atoms with E-state index in [0.717, 1.165) is 31.6 Å². The SMILES string of the molecule is CC(=O)Nc1ccc(N2C[C@@H](C(=O)N3CCCCC3)CC2=O)cc1. The Balaban J connectivity index is 1.66. The Morgan fingerprint density at radius 1 is 1.08 bits per heavy atom. The first kappa shape index (κ1) is 16.5. The molecule has 3 amide bonds. The number of anilines is 2. The van der Waals surface area contributed by atoms with E-state index in [1.54, 1.807) is 29.2 Å². The number of carbonyl (C=O) groups excluding carboxylic acids is 3. The van der Waals surface area contributed by atoms with Crippen molar-refractivity contribution in [3.63, 3.8) is 0 Å². The van der Waals surface area contributed by atoms with Crippen LogP contribution in [-0.4, -0.2) is 42.3 Å². The number of amides is 3. The number of hydrogen-bond donors (Lipinski definition) is 1. The molecule has 0 saturated carbocycles. The van der Waals surface area contributed by atoms with Crippen LogP contribution in [0.3, 0.4) is 0 Å². The van der Waals surface area contributed by atoms with Gasteiger partial charge in [-0.25, -0.2) is 0 Å². The molecule has 0 bridgehead atoms. The molecule has 0 spiro atoms. The van der Waals surface area contributed by atoms with E-state index in [9.17, 15) is 14.4 Å². The van der Waals surface area contributed by atoms with Gasteiger partial charge in [0.1, 0.15) is 0 Å². The highest BCUT2D eigenvalue weighted by molar-refractivity contribution is 6.00. The van der Waals surface area contributed by atoms with Crippen molar-refractivity contribution < 1.29 is 14.4 Å². The first-order chi connectivity index (χ1) is 11.5. The number of carbonyl (C=O) groups is 3. The zero-order valence-corrected chi connectivity index (χ0v) is 14.0. The molecule has 2 aliphatic heterocycles. The second-order valence-electron chi connectivity index (χ2n) is 6.52. The largest absolute Gasteiger partial charge is 0.342 e. The summed E-state index contributed by atoms with van der Waals surface area (Å²) in [5.74, 6) is -0.282. The van der Waals surface area contributed by atoms with Crippen molar-refractivity contribution in [3.05, 3.63) is 24.3 Å². The molecule has 2 saturated heterocycles. The average Bonchev–Trinajstić information content (AvgIpc) is 2.97. The van der Waals surface area contributed by atoms with Crippen LogP contribution in [0.15, 0.2) is 24.3 Å². The Kier molecular flexibility index (Phi) is 4.83. The van der Waals surface area contributed by atoms with E-state index in [4.69, 9.17) is 0 Å². The smallest absolute Gasteiger partial charge is 0.228 e. The molecule has 128 valence electrons. The monoisotopic (exact) mass is 329 g/mol. The van der Waals surface area contributed by atoms with Gasteiger partial charge in [0.2, 0.25) is 17.7 Å². The third kappa shape index (κ3) is 3.58. The lowest BCUT2D eigenvalue weighted by atomic mass is 10.0. The van der Waals surface area contributed by atoms with Gasteiger partial charge in [0.25, 0.3) is 0 Å². The number of likely N-dealkylation sites (tertiary alicyclic amines) is 1. The van der Waals surface area contributed by atoms with E-state index in [0.29, 0.717) is 12.2 Å². The number of nitrogens with one attached hydrogen (secondary N) is 1. The quantitative estimate of drug-likeness (QED) is 0.922. The van der Waals surface area contributed by atoms with Gasteiger partial charge in [0.15, 0.2) is 0 Å². The molecular formula is C18H23N3O3. The summed E-state index contributed by atoms with van der Waals surface area (Å²) in [6, 6.07) is 7.14. The minimum atomic E-state index is -0.245. The van der Waals surface area contributed by atoms with E-state index in [1.807, 2.05) is 4.90 Å². The molecule has 0 radical (unpaired) electrons. The number of piperidine rings is 1. The normalized spacial score (nSPS) is 21.0. The fraction of sp³-hybridized carbons (Fsp3) is 0.500. The molecule has 1 atom stereocenters. The summed E-state index contributed by atoms with van der Waals surface area (Å²) in [6.07, 6.45) is 3.57. The lowest BCUT2D eigenvalue weighted by Gasteiger charge is -2.29. The Labute approximate surface area is 141 Å². The predicted molar refractivity (Wildman–Crippen MR) is 91.6 cm³/mol. The third-order valence-corrected chi connectivity index (χ3v) is 4.64. The zero-order valence-electron chi connectivity index (χ0n) is 14.0. The molecule has 2 heterocycles. The summed E-state index contributed by atoms with van der Waals surface area (Å²) in [5.41, 5.74) is 1.46. The van der Waals surface area contributed by atoms with Gasteiger partial charge in [-0.1, -0.05) is 0 Å². The van der Waals surface area contributed by atoms with Crippen LogP contribution in [0.4, 0.5) is 11.4 Å². The van der Waals surface area contributed by atoms with Crippen LogP contribution in [0.5, 0.6) is 0 Å². The molecule has 0 unspecified atom stereocenters. The van der Waals surface area contributed by atoms with Gasteiger partial charge in [-0.05, 0) is 43.5 Å². The molecule has 6 heteroatoms.